The van der Waals surface area contributed by atoms with E-state index in [2.05, 4.69) is 15.6 Å². The van der Waals surface area contributed by atoms with Gasteiger partial charge >= 0.3 is 5.97 Å². The Morgan fingerprint density at radius 3 is 3.11 bits per heavy atom. The summed E-state index contributed by atoms with van der Waals surface area (Å²) >= 11 is 1.86. The number of aromatic nitrogens is 3. The summed E-state index contributed by atoms with van der Waals surface area (Å²) in [6.45, 7) is 0.327. The number of nitrogens with one attached hydrogen (secondary N) is 1. The topological polar surface area (TPSA) is 97.1 Å². The summed E-state index contributed by atoms with van der Waals surface area (Å²) in [5, 5.41) is 19.1. The Morgan fingerprint density at radius 1 is 1.61 bits per heavy atom. The first kappa shape index (κ1) is 12.9. The molecule has 0 radical (unpaired) electrons. The summed E-state index contributed by atoms with van der Waals surface area (Å²) in [7, 11) is 0. The molecule has 1 aromatic rings. The molecule has 1 aliphatic rings. The van der Waals surface area contributed by atoms with Crippen molar-refractivity contribution in [2.75, 3.05) is 12.3 Å². The molecule has 0 aliphatic carbocycles. The third-order valence-corrected chi connectivity index (χ3v) is 3.98. The van der Waals surface area contributed by atoms with E-state index in [4.69, 9.17) is 5.11 Å². The molecule has 2 rings (SSSR count). The van der Waals surface area contributed by atoms with Crippen LogP contribution < -0.4 is 5.32 Å². The molecule has 1 saturated heterocycles. The van der Waals surface area contributed by atoms with Crippen LogP contribution in [0.3, 0.4) is 0 Å². The molecule has 98 valence electrons. The standard InChI is InChI=1S/C10H14N4O3S/c15-9(16)6-14-5-8(12-13-14)10(17)11-4-7-2-1-3-18-7/h5,7H,1-4,6H2,(H,11,17)(H,15,16). The Kier molecular flexibility index (Phi) is 4.19. The van der Waals surface area contributed by atoms with E-state index in [1.165, 1.54) is 12.6 Å². The zero-order valence-corrected chi connectivity index (χ0v) is 10.5. The van der Waals surface area contributed by atoms with E-state index in [1.54, 1.807) is 0 Å². The quantitative estimate of drug-likeness (QED) is 0.781. The van der Waals surface area contributed by atoms with Crippen molar-refractivity contribution in [2.24, 2.45) is 0 Å². The van der Waals surface area contributed by atoms with E-state index >= 15 is 0 Å². The lowest BCUT2D eigenvalue weighted by molar-refractivity contribution is -0.137. The van der Waals surface area contributed by atoms with Crippen LogP contribution in [-0.2, 0) is 11.3 Å². The number of thioether (sulfide) groups is 1. The van der Waals surface area contributed by atoms with Crippen molar-refractivity contribution in [1.82, 2.24) is 20.3 Å². The van der Waals surface area contributed by atoms with Crippen molar-refractivity contribution in [3.8, 4) is 0 Å². The number of carboxylic acid groups (broad SMARTS) is 1. The number of carboxylic acids is 1. The summed E-state index contributed by atoms with van der Waals surface area (Å²) in [6, 6.07) is 0. The second kappa shape index (κ2) is 5.85. The molecule has 1 unspecified atom stereocenters. The minimum atomic E-state index is -1.02. The van der Waals surface area contributed by atoms with Gasteiger partial charge in [-0.2, -0.15) is 11.8 Å². The number of amides is 1. The summed E-state index contributed by atoms with van der Waals surface area (Å²) in [5.41, 5.74) is 0.152. The van der Waals surface area contributed by atoms with Gasteiger partial charge in [0.05, 0.1) is 6.20 Å². The molecule has 2 heterocycles. The average Bonchev–Trinajstić information content (AvgIpc) is 2.95. The molecule has 7 nitrogen and oxygen atoms in total. The van der Waals surface area contributed by atoms with Crippen molar-refractivity contribution < 1.29 is 14.7 Å². The van der Waals surface area contributed by atoms with E-state index in [9.17, 15) is 9.59 Å². The van der Waals surface area contributed by atoms with Crippen molar-refractivity contribution in [3.63, 3.8) is 0 Å². The van der Waals surface area contributed by atoms with E-state index in [0.717, 1.165) is 16.9 Å². The fourth-order valence-electron chi connectivity index (χ4n) is 1.72. The van der Waals surface area contributed by atoms with Crippen LogP contribution in [0.1, 0.15) is 23.3 Å². The fourth-order valence-corrected chi connectivity index (χ4v) is 2.92. The van der Waals surface area contributed by atoms with Gasteiger partial charge in [0.25, 0.3) is 5.91 Å². The molecule has 1 fully saturated rings. The third-order valence-electron chi connectivity index (χ3n) is 2.58. The Bertz CT molecular complexity index is 442. The zero-order chi connectivity index (χ0) is 13.0. The lowest BCUT2D eigenvalue weighted by Crippen LogP contribution is -2.30. The van der Waals surface area contributed by atoms with Crippen molar-refractivity contribution in [3.05, 3.63) is 11.9 Å². The van der Waals surface area contributed by atoms with Gasteiger partial charge in [-0.25, -0.2) is 4.68 Å². The molecule has 1 aliphatic heterocycles. The zero-order valence-electron chi connectivity index (χ0n) is 9.70. The predicted octanol–water partition coefficient (Wildman–Crippen LogP) is -0.0119. The number of rotatable bonds is 5. The van der Waals surface area contributed by atoms with E-state index in [-0.39, 0.29) is 18.1 Å². The number of carbonyl (C=O) groups excluding carboxylic acids is 1. The van der Waals surface area contributed by atoms with Crippen LogP contribution in [-0.4, -0.2) is 49.5 Å². The van der Waals surface area contributed by atoms with E-state index in [1.807, 2.05) is 11.8 Å². The number of aliphatic carboxylic acids is 1. The largest absolute Gasteiger partial charge is 0.480 e. The summed E-state index contributed by atoms with van der Waals surface area (Å²) in [6.07, 6.45) is 3.65. The second-order valence-corrected chi connectivity index (χ2v) is 5.45. The van der Waals surface area contributed by atoms with Crippen LogP contribution in [0.4, 0.5) is 0 Å². The Balaban J connectivity index is 1.84. The molecular formula is C10H14N4O3S. The summed E-state index contributed by atoms with van der Waals surface area (Å²) in [5.74, 6) is -0.177. The van der Waals surface area contributed by atoms with Gasteiger partial charge < -0.3 is 10.4 Å². The predicted molar refractivity (Wildman–Crippen MR) is 65.5 cm³/mol. The maximum absolute atomic E-state index is 11.7. The van der Waals surface area contributed by atoms with Gasteiger partial charge in [0.15, 0.2) is 5.69 Å². The van der Waals surface area contributed by atoms with E-state index in [0.29, 0.717) is 11.8 Å². The number of carbonyl (C=O) groups is 2. The van der Waals surface area contributed by atoms with Crippen LogP contribution in [0.25, 0.3) is 0 Å². The molecule has 1 amide bonds. The molecule has 0 saturated carbocycles. The van der Waals surface area contributed by atoms with Crippen LogP contribution in [0.2, 0.25) is 0 Å². The molecule has 1 aromatic heterocycles. The van der Waals surface area contributed by atoms with Gasteiger partial charge in [-0.05, 0) is 18.6 Å². The molecule has 0 spiro atoms. The average molecular weight is 270 g/mol. The molecule has 18 heavy (non-hydrogen) atoms. The highest BCUT2D eigenvalue weighted by molar-refractivity contribution is 8.00. The smallest absolute Gasteiger partial charge is 0.325 e. The van der Waals surface area contributed by atoms with Gasteiger partial charge in [-0.1, -0.05) is 5.21 Å². The highest BCUT2D eigenvalue weighted by Gasteiger charge is 2.18. The van der Waals surface area contributed by atoms with Crippen molar-refractivity contribution in [2.45, 2.75) is 24.6 Å². The fraction of sp³-hybridized carbons (Fsp3) is 0.600. The lowest BCUT2D eigenvalue weighted by Gasteiger charge is -2.08. The third kappa shape index (κ3) is 3.46. The maximum Gasteiger partial charge on any atom is 0.325 e. The first-order valence-electron chi connectivity index (χ1n) is 5.67. The highest BCUT2D eigenvalue weighted by atomic mass is 32.2. The van der Waals surface area contributed by atoms with Gasteiger partial charge in [-0.3, -0.25) is 9.59 Å². The van der Waals surface area contributed by atoms with Crippen LogP contribution in [0.15, 0.2) is 6.20 Å². The Hall–Kier alpha value is -1.57. The van der Waals surface area contributed by atoms with E-state index < -0.39 is 5.97 Å². The molecule has 1 atom stereocenters. The maximum atomic E-state index is 11.7. The van der Waals surface area contributed by atoms with Crippen LogP contribution in [0.5, 0.6) is 0 Å². The lowest BCUT2D eigenvalue weighted by atomic mass is 10.2. The first-order chi connectivity index (χ1) is 8.65. The van der Waals surface area contributed by atoms with Crippen LogP contribution >= 0.6 is 11.8 Å². The van der Waals surface area contributed by atoms with Gasteiger partial charge in [-0.15, -0.1) is 5.10 Å². The van der Waals surface area contributed by atoms with Gasteiger partial charge in [0.2, 0.25) is 0 Å². The summed E-state index contributed by atoms with van der Waals surface area (Å²) < 4.78 is 1.13. The second-order valence-electron chi connectivity index (χ2n) is 4.04. The Morgan fingerprint density at radius 2 is 2.44 bits per heavy atom. The SMILES string of the molecule is O=C(O)Cn1cc(C(=O)NCC2CCCS2)nn1. The van der Waals surface area contributed by atoms with Crippen molar-refractivity contribution >= 4 is 23.6 Å². The van der Waals surface area contributed by atoms with Gasteiger partial charge in [0, 0.05) is 11.8 Å². The molecule has 0 aromatic carbocycles. The summed E-state index contributed by atoms with van der Waals surface area (Å²) in [4.78, 5) is 22.2. The Labute approximate surface area is 108 Å². The number of hydrogen-bond donors (Lipinski definition) is 2. The molecule has 0 bridgehead atoms. The first-order valence-corrected chi connectivity index (χ1v) is 6.72. The molecule has 8 heteroatoms. The minimum absolute atomic E-state index is 0.152. The van der Waals surface area contributed by atoms with Gasteiger partial charge in [0.1, 0.15) is 6.54 Å². The highest BCUT2D eigenvalue weighted by Crippen LogP contribution is 2.25. The van der Waals surface area contributed by atoms with Crippen LogP contribution in [0, 0.1) is 0 Å². The molecular weight excluding hydrogens is 256 g/mol. The monoisotopic (exact) mass is 270 g/mol. The number of nitrogens with zero attached hydrogens (tertiary/aromatic N) is 3. The normalized spacial score (nSPS) is 18.8. The number of hydrogen-bond acceptors (Lipinski definition) is 5. The minimum Gasteiger partial charge on any atom is -0.480 e. The molecule has 2 N–H and O–H groups in total. The van der Waals surface area contributed by atoms with Crippen molar-refractivity contribution in [1.29, 1.82) is 0 Å².